The first kappa shape index (κ1) is 18.8. The van der Waals surface area contributed by atoms with E-state index in [-0.39, 0.29) is 6.15 Å². The molecular weight excluding hydrogens is 377 g/mol. The third kappa shape index (κ3) is 4.04. The van der Waals surface area contributed by atoms with E-state index in [1.165, 1.54) is 0 Å². The second kappa shape index (κ2) is 8.13. The minimum absolute atomic E-state index is 0. The van der Waals surface area contributed by atoms with Crippen LogP contribution in [-0.2, 0) is 6.42 Å². The third-order valence-electron chi connectivity index (χ3n) is 4.31. The topological polar surface area (TPSA) is 124 Å². The molecule has 0 saturated carbocycles. The Labute approximate surface area is 160 Å². The molecule has 0 spiro atoms. The van der Waals surface area contributed by atoms with Gasteiger partial charge in [-0.05, 0) is 66.8 Å². The van der Waals surface area contributed by atoms with Crippen molar-refractivity contribution in [2.24, 2.45) is 5.92 Å². The summed E-state index contributed by atoms with van der Waals surface area (Å²) in [4.78, 5) is 9.11. The number of halogens is 2. The molecule has 1 aliphatic heterocycles. The van der Waals surface area contributed by atoms with Gasteiger partial charge in [0.1, 0.15) is 0 Å². The highest BCUT2D eigenvalue weighted by molar-refractivity contribution is 6.42. The molecule has 3 heterocycles. The summed E-state index contributed by atoms with van der Waals surface area (Å²) in [7, 11) is 0. The fourth-order valence-corrected chi connectivity index (χ4v) is 3.28. The maximum absolute atomic E-state index is 6.10. The molecular formula is C16H19Cl2N7O. The van der Waals surface area contributed by atoms with Crippen molar-refractivity contribution in [1.29, 1.82) is 0 Å². The molecule has 0 radical (unpaired) electrons. The van der Waals surface area contributed by atoms with Crippen LogP contribution in [0.5, 0.6) is 0 Å². The van der Waals surface area contributed by atoms with E-state index in [0.29, 0.717) is 33.1 Å². The first-order chi connectivity index (χ1) is 12.2. The molecule has 5 N–H and O–H groups in total. The van der Waals surface area contributed by atoms with Gasteiger partial charge in [-0.1, -0.05) is 23.2 Å². The minimum atomic E-state index is 0. The van der Waals surface area contributed by atoms with E-state index in [1.54, 1.807) is 12.1 Å². The molecule has 1 aromatic carbocycles. The molecule has 8 nitrogen and oxygen atoms in total. The van der Waals surface area contributed by atoms with Gasteiger partial charge < -0.3 is 16.8 Å². The Hall–Kier alpha value is -2.00. The molecule has 10 heteroatoms. The lowest BCUT2D eigenvalue weighted by Crippen LogP contribution is -2.29. The molecule has 26 heavy (non-hydrogen) atoms. The van der Waals surface area contributed by atoms with Gasteiger partial charge in [-0.2, -0.15) is 0 Å². The van der Waals surface area contributed by atoms with Crippen molar-refractivity contribution in [3.63, 3.8) is 0 Å². The maximum Gasteiger partial charge on any atom is 0.245 e. The van der Waals surface area contributed by atoms with Gasteiger partial charge in [-0.3, -0.25) is 0 Å². The van der Waals surface area contributed by atoms with Crippen LogP contribution in [0, 0.1) is 5.92 Å². The van der Waals surface area contributed by atoms with Gasteiger partial charge >= 0.3 is 0 Å². The Kier molecular flexibility index (Phi) is 5.87. The van der Waals surface area contributed by atoms with Crippen LogP contribution in [0.15, 0.2) is 22.8 Å². The van der Waals surface area contributed by atoms with Crippen molar-refractivity contribution in [3.8, 4) is 0 Å². The first-order valence-corrected chi connectivity index (χ1v) is 8.86. The average Bonchev–Trinajstić information content (AvgIpc) is 3.06. The lowest BCUT2D eigenvalue weighted by molar-refractivity contribution is 0.314. The molecule has 0 aliphatic carbocycles. The highest BCUT2D eigenvalue weighted by atomic mass is 35.5. The lowest BCUT2D eigenvalue weighted by atomic mass is 9.93. The second-order valence-corrected chi connectivity index (χ2v) is 6.90. The zero-order chi connectivity index (χ0) is 17.2. The van der Waals surface area contributed by atoms with Gasteiger partial charge in [0, 0.05) is 5.69 Å². The van der Waals surface area contributed by atoms with Crippen molar-refractivity contribution in [2.75, 3.05) is 18.4 Å². The summed E-state index contributed by atoms with van der Waals surface area (Å²) in [5.41, 5.74) is 2.42. The number of anilines is 2. The largest absolute Gasteiger partial charge is 0.344 e. The second-order valence-electron chi connectivity index (χ2n) is 6.08. The van der Waals surface area contributed by atoms with E-state index in [2.05, 4.69) is 30.9 Å². The number of nitrogens with one attached hydrogen (secondary N) is 2. The molecule has 2 aromatic heterocycles. The molecule has 0 bridgehead atoms. The summed E-state index contributed by atoms with van der Waals surface area (Å²) in [6.45, 7) is 2.06. The first-order valence-electron chi connectivity index (χ1n) is 8.11. The SMILES string of the molecule is Clc1ccc(Nc2nc3nonc3nc2CC2CCNCC2)cc1Cl.N. The summed E-state index contributed by atoms with van der Waals surface area (Å²) in [5, 5.41) is 15.2. The predicted molar refractivity (Wildman–Crippen MR) is 101 cm³/mol. The van der Waals surface area contributed by atoms with Crippen LogP contribution in [0.2, 0.25) is 10.0 Å². The molecule has 1 aliphatic rings. The third-order valence-corrected chi connectivity index (χ3v) is 5.05. The van der Waals surface area contributed by atoms with E-state index in [4.69, 9.17) is 27.8 Å². The summed E-state index contributed by atoms with van der Waals surface area (Å²) in [5.74, 6) is 1.20. The number of rotatable bonds is 4. The summed E-state index contributed by atoms with van der Waals surface area (Å²) < 4.78 is 4.75. The Morgan fingerprint density at radius 3 is 2.54 bits per heavy atom. The zero-order valence-corrected chi connectivity index (χ0v) is 15.5. The zero-order valence-electron chi connectivity index (χ0n) is 14.0. The Bertz CT molecular complexity index is 895. The summed E-state index contributed by atoms with van der Waals surface area (Å²) >= 11 is 12.1. The normalized spacial score (nSPS) is 15.0. The minimum Gasteiger partial charge on any atom is -0.344 e. The fraction of sp³-hybridized carbons (Fsp3) is 0.375. The van der Waals surface area contributed by atoms with Crippen LogP contribution in [0.1, 0.15) is 18.5 Å². The van der Waals surface area contributed by atoms with E-state index >= 15 is 0 Å². The number of piperidine rings is 1. The molecule has 3 aromatic rings. The van der Waals surface area contributed by atoms with Gasteiger partial charge in [0.2, 0.25) is 11.3 Å². The van der Waals surface area contributed by atoms with Crippen LogP contribution in [0.3, 0.4) is 0 Å². The fourth-order valence-electron chi connectivity index (χ4n) is 2.98. The highest BCUT2D eigenvalue weighted by Crippen LogP contribution is 2.29. The highest BCUT2D eigenvalue weighted by Gasteiger charge is 2.19. The summed E-state index contributed by atoms with van der Waals surface area (Å²) in [6, 6.07) is 5.34. The molecule has 138 valence electrons. The van der Waals surface area contributed by atoms with Gasteiger partial charge in [0.15, 0.2) is 5.82 Å². The number of fused-ring (bicyclic) bond motifs is 1. The number of hydrogen-bond donors (Lipinski definition) is 3. The van der Waals surface area contributed by atoms with Crippen molar-refractivity contribution in [1.82, 2.24) is 31.7 Å². The molecule has 4 rings (SSSR count). The summed E-state index contributed by atoms with van der Waals surface area (Å²) in [6.07, 6.45) is 3.05. The van der Waals surface area contributed by atoms with Gasteiger partial charge in [0.05, 0.1) is 15.7 Å². The van der Waals surface area contributed by atoms with Crippen molar-refractivity contribution < 1.29 is 4.63 Å². The van der Waals surface area contributed by atoms with Crippen molar-refractivity contribution in [3.05, 3.63) is 33.9 Å². The van der Waals surface area contributed by atoms with Gasteiger partial charge in [-0.15, -0.1) is 0 Å². The molecule has 0 amide bonds. The van der Waals surface area contributed by atoms with Crippen molar-refractivity contribution in [2.45, 2.75) is 19.3 Å². The van der Waals surface area contributed by atoms with E-state index in [1.807, 2.05) is 6.07 Å². The monoisotopic (exact) mass is 395 g/mol. The van der Waals surface area contributed by atoms with Crippen LogP contribution in [0.4, 0.5) is 11.5 Å². The quantitative estimate of drug-likeness (QED) is 0.609. The number of nitrogens with zero attached hydrogens (tertiary/aromatic N) is 4. The lowest BCUT2D eigenvalue weighted by Gasteiger charge is -2.22. The molecule has 1 saturated heterocycles. The molecule has 0 atom stereocenters. The Morgan fingerprint density at radius 1 is 1.08 bits per heavy atom. The smallest absolute Gasteiger partial charge is 0.245 e. The van der Waals surface area contributed by atoms with E-state index in [0.717, 1.165) is 43.7 Å². The van der Waals surface area contributed by atoms with E-state index < -0.39 is 0 Å². The van der Waals surface area contributed by atoms with Crippen LogP contribution in [-0.4, -0.2) is 33.4 Å². The van der Waals surface area contributed by atoms with Crippen LogP contribution in [0.25, 0.3) is 11.3 Å². The van der Waals surface area contributed by atoms with Crippen molar-refractivity contribution >= 4 is 46.0 Å². The van der Waals surface area contributed by atoms with Gasteiger partial charge in [-0.25, -0.2) is 14.6 Å². The average molecular weight is 396 g/mol. The number of hydrogen-bond acceptors (Lipinski definition) is 8. The number of aromatic nitrogens is 4. The molecule has 0 unspecified atom stereocenters. The Balaban J connectivity index is 0.00000196. The van der Waals surface area contributed by atoms with Crippen LogP contribution < -0.4 is 16.8 Å². The van der Waals surface area contributed by atoms with Crippen LogP contribution >= 0.6 is 23.2 Å². The Morgan fingerprint density at radius 2 is 1.81 bits per heavy atom. The maximum atomic E-state index is 6.10. The molecule has 1 fully saturated rings. The van der Waals surface area contributed by atoms with E-state index in [9.17, 15) is 0 Å². The number of benzene rings is 1. The predicted octanol–water partition coefficient (Wildman–Crippen LogP) is 3.77. The standard InChI is InChI=1S/C16H16Cl2N6O.H3N/c17-11-2-1-10(8-12(11)18)20-14-13(7-9-3-5-19-6-4-9)21-15-16(22-14)24-25-23-15;/h1-2,8-9,19H,3-7H2,(H,20,22,24);1H3. The van der Waals surface area contributed by atoms with Gasteiger partial charge in [0.25, 0.3) is 0 Å².